The SMILES string of the molecule is O=C(CCc1cnccn1)N1CCCCC1c1nc(-c2ccccc2)no1. The van der Waals surface area contributed by atoms with Gasteiger partial charge in [0.1, 0.15) is 6.04 Å². The summed E-state index contributed by atoms with van der Waals surface area (Å²) in [4.78, 5) is 27.5. The van der Waals surface area contributed by atoms with Crippen molar-refractivity contribution < 1.29 is 9.32 Å². The zero-order chi connectivity index (χ0) is 18.5. The van der Waals surface area contributed by atoms with Crippen molar-refractivity contribution in [2.24, 2.45) is 0 Å². The fourth-order valence-corrected chi connectivity index (χ4v) is 3.40. The van der Waals surface area contributed by atoms with Crippen LogP contribution < -0.4 is 0 Å². The molecule has 1 aliphatic heterocycles. The van der Waals surface area contributed by atoms with Crippen molar-refractivity contribution in [1.29, 1.82) is 0 Å². The highest BCUT2D eigenvalue weighted by atomic mass is 16.5. The monoisotopic (exact) mass is 363 g/mol. The number of aromatic nitrogens is 4. The third kappa shape index (κ3) is 4.02. The molecule has 1 atom stereocenters. The summed E-state index contributed by atoms with van der Waals surface area (Å²) in [6, 6.07) is 9.56. The van der Waals surface area contributed by atoms with Gasteiger partial charge in [-0.3, -0.25) is 14.8 Å². The maximum absolute atomic E-state index is 12.8. The lowest BCUT2D eigenvalue weighted by Gasteiger charge is -2.33. The average molecular weight is 363 g/mol. The van der Waals surface area contributed by atoms with Crippen LogP contribution in [0.5, 0.6) is 0 Å². The van der Waals surface area contributed by atoms with Gasteiger partial charge < -0.3 is 9.42 Å². The standard InChI is InChI=1S/C20H21N5O2/c26-18(10-9-16-14-21-11-12-22-16)25-13-5-4-8-17(25)20-23-19(24-27-20)15-6-2-1-3-7-15/h1-3,6-7,11-12,14,17H,4-5,8-10,13H2. The van der Waals surface area contributed by atoms with Crippen molar-refractivity contribution >= 4 is 5.91 Å². The fraction of sp³-hybridized carbons (Fsp3) is 0.350. The highest BCUT2D eigenvalue weighted by molar-refractivity contribution is 5.77. The Bertz CT molecular complexity index is 882. The maximum Gasteiger partial charge on any atom is 0.249 e. The molecule has 1 saturated heterocycles. The summed E-state index contributed by atoms with van der Waals surface area (Å²) in [6.07, 6.45) is 8.83. The van der Waals surface area contributed by atoms with E-state index in [1.807, 2.05) is 35.2 Å². The number of amides is 1. The molecule has 1 aliphatic rings. The predicted molar refractivity (Wildman–Crippen MR) is 98.4 cm³/mol. The normalized spacial score (nSPS) is 17.0. The van der Waals surface area contributed by atoms with Crippen LogP contribution in [0.15, 0.2) is 53.4 Å². The number of hydrogen-bond acceptors (Lipinski definition) is 6. The second-order valence-corrected chi connectivity index (χ2v) is 6.62. The van der Waals surface area contributed by atoms with E-state index in [-0.39, 0.29) is 11.9 Å². The molecule has 138 valence electrons. The van der Waals surface area contributed by atoms with Crippen molar-refractivity contribution in [3.8, 4) is 11.4 Å². The van der Waals surface area contributed by atoms with Gasteiger partial charge in [-0.1, -0.05) is 35.5 Å². The van der Waals surface area contributed by atoms with Gasteiger partial charge in [-0.15, -0.1) is 0 Å². The van der Waals surface area contributed by atoms with E-state index >= 15 is 0 Å². The first-order chi connectivity index (χ1) is 13.3. The summed E-state index contributed by atoms with van der Waals surface area (Å²) >= 11 is 0. The first-order valence-corrected chi connectivity index (χ1v) is 9.24. The Morgan fingerprint density at radius 2 is 2.07 bits per heavy atom. The Balaban J connectivity index is 1.47. The van der Waals surface area contributed by atoms with E-state index < -0.39 is 0 Å². The van der Waals surface area contributed by atoms with Crippen molar-refractivity contribution in [2.75, 3.05) is 6.54 Å². The molecule has 1 amide bonds. The molecular weight excluding hydrogens is 342 g/mol. The van der Waals surface area contributed by atoms with E-state index in [9.17, 15) is 4.79 Å². The molecule has 1 fully saturated rings. The van der Waals surface area contributed by atoms with E-state index in [1.54, 1.807) is 18.6 Å². The van der Waals surface area contributed by atoms with Gasteiger partial charge >= 0.3 is 0 Å². The van der Waals surface area contributed by atoms with Crippen molar-refractivity contribution in [1.82, 2.24) is 25.0 Å². The summed E-state index contributed by atoms with van der Waals surface area (Å²) in [5.74, 6) is 1.16. The molecule has 0 N–H and O–H groups in total. The van der Waals surface area contributed by atoms with Crippen LogP contribution in [-0.2, 0) is 11.2 Å². The molecular formula is C20H21N5O2. The summed E-state index contributed by atoms with van der Waals surface area (Å²) < 4.78 is 5.52. The van der Waals surface area contributed by atoms with Crippen molar-refractivity contribution in [3.63, 3.8) is 0 Å². The molecule has 0 radical (unpaired) electrons. The third-order valence-corrected chi connectivity index (χ3v) is 4.79. The summed E-state index contributed by atoms with van der Waals surface area (Å²) in [5.41, 5.74) is 1.73. The van der Waals surface area contributed by atoms with Crippen molar-refractivity contribution in [2.45, 2.75) is 38.1 Å². The van der Waals surface area contributed by atoms with E-state index in [0.717, 1.165) is 30.5 Å². The van der Waals surface area contributed by atoms with Crippen molar-refractivity contribution in [3.05, 3.63) is 60.5 Å². The molecule has 0 bridgehead atoms. The Labute approximate surface area is 157 Å². The molecule has 0 saturated carbocycles. The van der Waals surface area contributed by atoms with Crippen LogP contribution in [0, 0.1) is 0 Å². The lowest BCUT2D eigenvalue weighted by Crippen LogP contribution is -2.38. The molecule has 2 aromatic heterocycles. The van der Waals surface area contributed by atoms with E-state index in [1.165, 1.54) is 0 Å². The van der Waals surface area contributed by atoms with Crippen LogP contribution in [-0.4, -0.2) is 37.5 Å². The largest absolute Gasteiger partial charge is 0.337 e. The lowest BCUT2D eigenvalue weighted by molar-refractivity contribution is -0.135. The number of likely N-dealkylation sites (tertiary alicyclic amines) is 1. The lowest BCUT2D eigenvalue weighted by atomic mass is 10.0. The number of nitrogens with zero attached hydrogens (tertiary/aromatic N) is 5. The van der Waals surface area contributed by atoms with Gasteiger partial charge in [0.25, 0.3) is 0 Å². The highest BCUT2D eigenvalue weighted by Gasteiger charge is 2.32. The number of piperidine rings is 1. The predicted octanol–water partition coefficient (Wildman–Crippen LogP) is 3.21. The fourth-order valence-electron chi connectivity index (χ4n) is 3.40. The van der Waals surface area contributed by atoms with Gasteiger partial charge in [0.2, 0.25) is 17.6 Å². The number of carbonyl (C=O) groups excluding carboxylic acids is 1. The van der Waals surface area contributed by atoms with Gasteiger partial charge in [-0.2, -0.15) is 4.98 Å². The second-order valence-electron chi connectivity index (χ2n) is 6.62. The smallest absolute Gasteiger partial charge is 0.249 e. The summed E-state index contributed by atoms with van der Waals surface area (Å²) in [7, 11) is 0. The molecule has 0 aliphatic carbocycles. The Morgan fingerprint density at radius 1 is 1.19 bits per heavy atom. The number of rotatable bonds is 5. The minimum Gasteiger partial charge on any atom is -0.337 e. The second kappa shape index (κ2) is 8.07. The molecule has 27 heavy (non-hydrogen) atoms. The quantitative estimate of drug-likeness (QED) is 0.692. The van der Waals surface area contributed by atoms with E-state index in [0.29, 0.717) is 31.1 Å². The van der Waals surface area contributed by atoms with Crippen LogP contribution in [0.3, 0.4) is 0 Å². The topological polar surface area (TPSA) is 85.0 Å². The number of benzene rings is 1. The molecule has 7 nitrogen and oxygen atoms in total. The van der Waals surface area contributed by atoms with E-state index in [4.69, 9.17) is 4.52 Å². The van der Waals surface area contributed by atoms with Gasteiger partial charge in [0.15, 0.2) is 0 Å². The van der Waals surface area contributed by atoms with Crippen LogP contribution in [0.2, 0.25) is 0 Å². The third-order valence-electron chi connectivity index (χ3n) is 4.79. The van der Waals surface area contributed by atoms with Crippen LogP contribution in [0.1, 0.15) is 43.3 Å². The first kappa shape index (κ1) is 17.3. The molecule has 1 unspecified atom stereocenters. The van der Waals surface area contributed by atoms with Gasteiger partial charge in [-0.05, 0) is 25.7 Å². The first-order valence-electron chi connectivity index (χ1n) is 9.24. The molecule has 1 aromatic carbocycles. The molecule has 0 spiro atoms. The number of carbonyl (C=O) groups is 1. The zero-order valence-electron chi connectivity index (χ0n) is 15.0. The Hall–Kier alpha value is -3.09. The Morgan fingerprint density at radius 3 is 2.89 bits per heavy atom. The minimum absolute atomic E-state index is 0.0878. The molecule has 4 rings (SSSR count). The van der Waals surface area contributed by atoms with Crippen LogP contribution in [0.4, 0.5) is 0 Å². The van der Waals surface area contributed by atoms with Crippen LogP contribution >= 0.6 is 0 Å². The van der Waals surface area contributed by atoms with Crippen LogP contribution in [0.25, 0.3) is 11.4 Å². The Kier molecular flexibility index (Phi) is 5.18. The van der Waals surface area contributed by atoms with Gasteiger partial charge in [-0.25, -0.2) is 0 Å². The average Bonchev–Trinajstić information content (AvgIpc) is 3.23. The zero-order valence-corrected chi connectivity index (χ0v) is 15.0. The summed E-state index contributed by atoms with van der Waals surface area (Å²) in [5, 5.41) is 4.11. The molecule has 7 heteroatoms. The van der Waals surface area contributed by atoms with Gasteiger partial charge in [0, 0.05) is 37.1 Å². The molecule has 3 heterocycles. The number of hydrogen-bond donors (Lipinski definition) is 0. The molecule has 3 aromatic rings. The highest BCUT2D eigenvalue weighted by Crippen LogP contribution is 2.31. The number of aryl methyl sites for hydroxylation is 1. The summed E-state index contributed by atoms with van der Waals surface area (Å²) in [6.45, 7) is 0.715. The van der Waals surface area contributed by atoms with E-state index in [2.05, 4.69) is 20.1 Å². The maximum atomic E-state index is 12.8. The minimum atomic E-state index is -0.155. The van der Waals surface area contributed by atoms with Gasteiger partial charge in [0.05, 0.1) is 5.69 Å².